The van der Waals surface area contributed by atoms with E-state index in [4.69, 9.17) is 9.47 Å². The van der Waals surface area contributed by atoms with Gasteiger partial charge >= 0.3 is 5.97 Å². The molecule has 1 rings (SSSR count). The third-order valence-electron chi connectivity index (χ3n) is 3.41. The van der Waals surface area contributed by atoms with Gasteiger partial charge in [-0.05, 0) is 33.2 Å². The molecule has 0 amide bonds. The second kappa shape index (κ2) is 7.07. The number of carbonyl (C=O) groups excluding carboxylic acids is 1. The fourth-order valence-corrected chi connectivity index (χ4v) is 1.91. The van der Waals surface area contributed by atoms with Gasteiger partial charge in [0.25, 0.3) is 0 Å². The van der Waals surface area contributed by atoms with E-state index in [0.717, 1.165) is 32.4 Å². The molecule has 1 aliphatic rings. The summed E-state index contributed by atoms with van der Waals surface area (Å²) in [6, 6.07) is 0.485. The highest BCUT2D eigenvalue weighted by atomic mass is 16.5. The Morgan fingerprint density at radius 1 is 1.39 bits per heavy atom. The molecule has 0 bridgehead atoms. The average Bonchev–Trinajstić information content (AvgIpc) is 3.16. The number of methoxy groups -OCH3 is 2. The van der Waals surface area contributed by atoms with Crippen molar-refractivity contribution in [2.24, 2.45) is 0 Å². The van der Waals surface area contributed by atoms with Crippen LogP contribution < -0.4 is 5.32 Å². The fourth-order valence-electron chi connectivity index (χ4n) is 1.91. The third-order valence-corrected chi connectivity index (χ3v) is 3.41. The molecule has 18 heavy (non-hydrogen) atoms. The van der Waals surface area contributed by atoms with Gasteiger partial charge in [-0.25, -0.2) is 0 Å². The summed E-state index contributed by atoms with van der Waals surface area (Å²) in [5.74, 6) is -0.172. The summed E-state index contributed by atoms with van der Waals surface area (Å²) < 4.78 is 9.95. The molecule has 0 saturated heterocycles. The quantitative estimate of drug-likeness (QED) is 0.615. The Morgan fingerprint density at radius 2 is 2.06 bits per heavy atom. The lowest BCUT2D eigenvalue weighted by atomic mass is 9.97. The summed E-state index contributed by atoms with van der Waals surface area (Å²) in [6.07, 6.45) is 3.06. The van der Waals surface area contributed by atoms with E-state index in [1.165, 1.54) is 7.11 Å². The summed E-state index contributed by atoms with van der Waals surface area (Å²) in [5.41, 5.74) is -0.572. The predicted molar refractivity (Wildman–Crippen MR) is 70.6 cm³/mol. The SMILES string of the molecule is COCCN(C)CCC(C)(NC1CC1)C(=O)OC. The summed E-state index contributed by atoms with van der Waals surface area (Å²) in [5, 5.41) is 3.40. The highest BCUT2D eigenvalue weighted by Gasteiger charge is 2.39. The highest BCUT2D eigenvalue weighted by molar-refractivity contribution is 5.80. The topological polar surface area (TPSA) is 50.8 Å². The van der Waals surface area contributed by atoms with E-state index < -0.39 is 5.54 Å². The molecule has 1 aliphatic carbocycles. The number of hydrogen-bond donors (Lipinski definition) is 1. The van der Waals surface area contributed by atoms with E-state index in [1.807, 2.05) is 14.0 Å². The molecule has 0 radical (unpaired) electrons. The van der Waals surface area contributed by atoms with Gasteiger partial charge in [-0.3, -0.25) is 10.1 Å². The van der Waals surface area contributed by atoms with Gasteiger partial charge in [0.05, 0.1) is 13.7 Å². The predicted octanol–water partition coefficient (Wildman–Crippen LogP) is 0.638. The van der Waals surface area contributed by atoms with Crippen molar-refractivity contribution in [1.82, 2.24) is 10.2 Å². The zero-order chi connectivity index (χ0) is 13.6. The maximum absolute atomic E-state index is 11.9. The standard InChI is InChI=1S/C13H26N2O3/c1-13(12(16)18-4,14-11-5-6-11)7-8-15(2)9-10-17-3/h11,14H,5-10H2,1-4H3. The van der Waals surface area contributed by atoms with Crippen molar-refractivity contribution in [3.8, 4) is 0 Å². The van der Waals surface area contributed by atoms with Crippen LogP contribution in [0, 0.1) is 0 Å². The summed E-state index contributed by atoms with van der Waals surface area (Å²) in [7, 11) is 5.18. The van der Waals surface area contributed by atoms with Gasteiger partial charge < -0.3 is 14.4 Å². The van der Waals surface area contributed by atoms with E-state index in [9.17, 15) is 4.79 Å². The van der Waals surface area contributed by atoms with E-state index in [0.29, 0.717) is 12.6 Å². The molecule has 1 saturated carbocycles. The number of nitrogens with zero attached hydrogens (tertiary/aromatic N) is 1. The van der Waals surface area contributed by atoms with E-state index in [2.05, 4.69) is 10.2 Å². The number of esters is 1. The number of nitrogens with one attached hydrogen (secondary N) is 1. The molecule has 1 unspecified atom stereocenters. The Hall–Kier alpha value is -0.650. The van der Waals surface area contributed by atoms with E-state index in [-0.39, 0.29) is 5.97 Å². The third kappa shape index (κ3) is 4.92. The van der Waals surface area contributed by atoms with Crippen molar-refractivity contribution in [3.05, 3.63) is 0 Å². The number of likely N-dealkylation sites (N-methyl/N-ethyl adjacent to an activating group) is 1. The second-order valence-corrected chi connectivity index (χ2v) is 5.29. The Bertz CT molecular complexity index is 269. The molecule has 106 valence electrons. The Kier molecular flexibility index (Phi) is 6.05. The summed E-state index contributed by atoms with van der Waals surface area (Å²) >= 11 is 0. The van der Waals surface area contributed by atoms with Crippen molar-refractivity contribution in [2.75, 3.05) is 41.0 Å². The average molecular weight is 258 g/mol. The number of ether oxygens (including phenoxy) is 2. The van der Waals surface area contributed by atoms with Crippen LogP contribution in [0.4, 0.5) is 0 Å². The molecule has 5 heteroatoms. The Morgan fingerprint density at radius 3 is 2.56 bits per heavy atom. The largest absolute Gasteiger partial charge is 0.468 e. The van der Waals surface area contributed by atoms with Gasteiger partial charge in [-0.1, -0.05) is 0 Å². The molecule has 0 aromatic rings. The van der Waals surface area contributed by atoms with Crippen LogP contribution in [0.15, 0.2) is 0 Å². The molecule has 0 heterocycles. The van der Waals surface area contributed by atoms with Crippen LogP contribution in [0.5, 0.6) is 0 Å². The summed E-state index contributed by atoms with van der Waals surface area (Å²) in [6.45, 7) is 4.36. The van der Waals surface area contributed by atoms with Crippen molar-refractivity contribution in [3.63, 3.8) is 0 Å². The van der Waals surface area contributed by atoms with Gasteiger partial charge in [-0.2, -0.15) is 0 Å². The monoisotopic (exact) mass is 258 g/mol. The smallest absolute Gasteiger partial charge is 0.325 e. The minimum absolute atomic E-state index is 0.172. The van der Waals surface area contributed by atoms with Crippen molar-refractivity contribution in [2.45, 2.75) is 37.8 Å². The van der Waals surface area contributed by atoms with Gasteiger partial charge in [-0.15, -0.1) is 0 Å². The van der Waals surface area contributed by atoms with Crippen molar-refractivity contribution in [1.29, 1.82) is 0 Å². The van der Waals surface area contributed by atoms with E-state index in [1.54, 1.807) is 7.11 Å². The molecule has 0 aromatic carbocycles. The Labute approximate surface area is 110 Å². The normalized spacial score (nSPS) is 18.7. The first-order valence-corrected chi connectivity index (χ1v) is 6.55. The number of carbonyl (C=O) groups is 1. The van der Waals surface area contributed by atoms with Crippen LogP contribution in [-0.2, 0) is 14.3 Å². The minimum atomic E-state index is -0.572. The zero-order valence-electron chi connectivity index (χ0n) is 12.0. The Balaban J connectivity index is 2.42. The van der Waals surface area contributed by atoms with Crippen LogP contribution in [0.3, 0.4) is 0 Å². The van der Waals surface area contributed by atoms with Gasteiger partial charge in [0.15, 0.2) is 0 Å². The maximum atomic E-state index is 11.9. The van der Waals surface area contributed by atoms with E-state index >= 15 is 0 Å². The molecular weight excluding hydrogens is 232 g/mol. The lowest BCUT2D eigenvalue weighted by molar-refractivity contribution is -0.148. The van der Waals surface area contributed by atoms with Crippen LogP contribution >= 0.6 is 0 Å². The lowest BCUT2D eigenvalue weighted by Crippen LogP contribution is -2.52. The first-order valence-electron chi connectivity index (χ1n) is 6.55. The lowest BCUT2D eigenvalue weighted by Gasteiger charge is -2.30. The first-order chi connectivity index (χ1) is 8.51. The van der Waals surface area contributed by atoms with Crippen LogP contribution in [0.1, 0.15) is 26.2 Å². The van der Waals surface area contributed by atoms with Gasteiger partial charge in [0.2, 0.25) is 0 Å². The zero-order valence-corrected chi connectivity index (χ0v) is 12.0. The van der Waals surface area contributed by atoms with Crippen molar-refractivity contribution < 1.29 is 14.3 Å². The molecule has 0 spiro atoms. The first kappa shape index (κ1) is 15.4. The number of hydrogen-bond acceptors (Lipinski definition) is 5. The molecule has 1 atom stereocenters. The molecule has 0 aliphatic heterocycles. The highest BCUT2D eigenvalue weighted by Crippen LogP contribution is 2.24. The van der Waals surface area contributed by atoms with Crippen LogP contribution in [0.25, 0.3) is 0 Å². The number of rotatable bonds is 9. The molecule has 0 aromatic heterocycles. The molecule has 1 N–H and O–H groups in total. The van der Waals surface area contributed by atoms with Crippen molar-refractivity contribution >= 4 is 5.97 Å². The minimum Gasteiger partial charge on any atom is -0.468 e. The fraction of sp³-hybridized carbons (Fsp3) is 0.923. The van der Waals surface area contributed by atoms with Gasteiger partial charge in [0.1, 0.15) is 5.54 Å². The molecular formula is C13H26N2O3. The second-order valence-electron chi connectivity index (χ2n) is 5.29. The van der Waals surface area contributed by atoms with Crippen LogP contribution in [0.2, 0.25) is 0 Å². The summed E-state index contributed by atoms with van der Waals surface area (Å²) in [4.78, 5) is 14.1. The molecule has 1 fully saturated rings. The molecule has 5 nitrogen and oxygen atoms in total. The maximum Gasteiger partial charge on any atom is 0.325 e. The van der Waals surface area contributed by atoms with Gasteiger partial charge in [0, 0.05) is 26.2 Å². The van der Waals surface area contributed by atoms with Crippen LogP contribution in [-0.4, -0.2) is 63.4 Å².